The number of hydrogen-bond acceptors (Lipinski definition) is 3. The third-order valence-corrected chi connectivity index (χ3v) is 2.26. The first-order valence-electron chi connectivity index (χ1n) is 4.73. The van der Waals surface area contributed by atoms with Gasteiger partial charge in [0.05, 0.1) is 23.7 Å². The van der Waals surface area contributed by atoms with Crippen molar-refractivity contribution < 1.29 is 4.74 Å². The molecule has 3 nitrogen and oxygen atoms in total. The molecule has 0 spiro atoms. The molecule has 1 N–H and O–H groups in total. The lowest BCUT2D eigenvalue weighted by Crippen LogP contribution is -2.32. The molecule has 1 saturated heterocycles. The van der Waals surface area contributed by atoms with E-state index in [9.17, 15) is 0 Å². The SMILES string of the molecule is CC(C)(C)OC[C@@]1(C#N)CCNC1. The van der Waals surface area contributed by atoms with Crippen molar-refractivity contribution in [2.24, 2.45) is 5.41 Å². The second kappa shape index (κ2) is 3.65. The summed E-state index contributed by atoms with van der Waals surface area (Å²) in [7, 11) is 0. The van der Waals surface area contributed by atoms with Gasteiger partial charge in [-0.2, -0.15) is 5.26 Å². The van der Waals surface area contributed by atoms with Crippen molar-refractivity contribution in [3.63, 3.8) is 0 Å². The summed E-state index contributed by atoms with van der Waals surface area (Å²) in [6.07, 6.45) is 0.902. The van der Waals surface area contributed by atoms with Gasteiger partial charge in [-0.05, 0) is 33.7 Å². The van der Waals surface area contributed by atoms with Gasteiger partial charge >= 0.3 is 0 Å². The van der Waals surface area contributed by atoms with Gasteiger partial charge in [0.15, 0.2) is 0 Å². The number of ether oxygens (including phenoxy) is 1. The molecule has 0 bridgehead atoms. The summed E-state index contributed by atoms with van der Waals surface area (Å²) in [4.78, 5) is 0. The molecule has 1 atom stereocenters. The molecular weight excluding hydrogens is 164 g/mol. The lowest BCUT2D eigenvalue weighted by atomic mass is 9.90. The highest BCUT2D eigenvalue weighted by molar-refractivity contribution is 5.04. The first-order valence-corrected chi connectivity index (χ1v) is 4.73. The normalized spacial score (nSPS) is 28.8. The molecule has 1 aliphatic heterocycles. The van der Waals surface area contributed by atoms with E-state index >= 15 is 0 Å². The number of nitrogens with one attached hydrogen (secondary N) is 1. The van der Waals surface area contributed by atoms with E-state index in [1.54, 1.807) is 0 Å². The van der Waals surface area contributed by atoms with Crippen LogP contribution in [0.25, 0.3) is 0 Å². The van der Waals surface area contributed by atoms with Gasteiger partial charge in [-0.15, -0.1) is 0 Å². The fourth-order valence-electron chi connectivity index (χ4n) is 1.35. The van der Waals surface area contributed by atoms with Gasteiger partial charge in [0.2, 0.25) is 0 Å². The van der Waals surface area contributed by atoms with E-state index in [0.717, 1.165) is 19.5 Å². The van der Waals surface area contributed by atoms with Gasteiger partial charge < -0.3 is 10.1 Å². The molecule has 0 amide bonds. The molecule has 1 rings (SSSR count). The zero-order chi connectivity index (χ0) is 9.95. The van der Waals surface area contributed by atoms with E-state index in [0.29, 0.717) is 6.61 Å². The second-order valence-electron chi connectivity index (χ2n) is 4.72. The summed E-state index contributed by atoms with van der Waals surface area (Å²) in [6, 6.07) is 2.36. The Morgan fingerprint density at radius 3 is 2.62 bits per heavy atom. The highest BCUT2D eigenvalue weighted by Gasteiger charge is 2.35. The molecule has 0 aromatic carbocycles. The average molecular weight is 182 g/mol. The Morgan fingerprint density at radius 1 is 1.54 bits per heavy atom. The van der Waals surface area contributed by atoms with Gasteiger partial charge in [0, 0.05) is 6.54 Å². The van der Waals surface area contributed by atoms with Gasteiger partial charge in [0.25, 0.3) is 0 Å². The van der Waals surface area contributed by atoms with E-state index in [-0.39, 0.29) is 11.0 Å². The molecular formula is C10H18N2O. The molecule has 0 aromatic rings. The molecule has 0 aliphatic carbocycles. The van der Waals surface area contributed by atoms with Crippen LogP contribution in [0.15, 0.2) is 0 Å². The zero-order valence-corrected chi connectivity index (χ0v) is 8.68. The number of nitriles is 1. The Labute approximate surface area is 80.1 Å². The highest BCUT2D eigenvalue weighted by Crippen LogP contribution is 2.26. The van der Waals surface area contributed by atoms with Crippen LogP contribution in [0.5, 0.6) is 0 Å². The van der Waals surface area contributed by atoms with Crippen LogP contribution in [0.4, 0.5) is 0 Å². The van der Waals surface area contributed by atoms with Crippen molar-refractivity contribution in [1.82, 2.24) is 5.32 Å². The first-order chi connectivity index (χ1) is 5.97. The van der Waals surface area contributed by atoms with Gasteiger partial charge in [-0.3, -0.25) is 0 Å². The van der Waals surface area contributed by atoms with E-state index in [1.807, 2.05) is 20.8 Å². The molecule has 1 fully saturated rings. The summed E-state index contributed by atoms with van der Waals surface area (Å²) < 4.78 is 5.64. The summed E-state index contributed by atoms with van der Waals surface area (Å²) >= 11 is 0. The van der Waals surface area contributed by atoms with Crippen LogP contribution in [0.1, 0.15) is 27.2 Å². The molecule has 0 aromatic heterocycles. The van der Waals surface area contributed by atoms with Crippen LogP contribution in [0, 0.1) is 16.7 Å². The van der Waals surface area contributed by atoms with Gasteiger partial charge in [-0.1, -0.05) is 0 Å². The Bertz CT molecular complexity index is 206. The number of rotatable bonds is 2. The predicted octanol–water partition coefficient (Wildman–Crippen LogP) is 1.30. The molecule has 1 heterocycles. The summed E-state index contributed by atoms with van der Waals surface area (Å²) in [5.74, 6) is 0. The van der Waals surface area contributed by atoms with E-state index in [1.165, 1.54) is 0 Å². The van der Waals surface area contributed by atoms with Crippen molar-refractivity contribution in [3.05, 3.63) is 0 Å². The molecule has 0 unspecified atom stereocenters. The number of hydrogen-bond donors (Lipinski definition) is 1. The first kappa shape index (κ1) is 10.5. The maximum absolute atomic E-state index is 9.04. The second-order valence-corrected chi connectivity index (χ2v) is 4.72. The highest BCUT2D eigenvalue weighted by atomic mass is 16.5. The van der Waals surface area contributed by atoms with Crippen molar-refractivity contribution in [3.8, 4) is 6.07 Å². The lowest BCUT2D eigenvalue weighted by molar-refractivity contribution is -0.0333. The predicted molar refractivity (Wildman–Crippen MR) is 51.2 cm³/mol. The van der Waals surface area contributed by atoms with Crippen molar-refractivity contribution in [1.29, 1.82) is 5.26 Å². The Morgan fingerprint density at radius 2 is 2.23 bits per heavy atom. The summed E-state index contributed by atoms with van der Waals surface area (Å²) in [5.41, 5.74) is -0.431. The van der Waals surface area contributed by atoms with Gasteiger partial charge in [0.1, 0.15) is 0 Å². The van der Waals surface area contributed by atoms with Gasteiger partial charge in [-0.25, -0.2) is 0 Å². The lowest BCUT2D eigenvalue weighted by Gasteiger charge is -2.26. The zero-order valence-electron chi connectivity index (χ0n) is 8.68. The molecule has 13 heavy (non-hydrogen) atoms. The molecule has 0 radical (unpaired) electrons. The van der Waals surface area contributed by atoms with Crippen LogP contribution in [-0.4, -0.2) is 25.3 Å². The monoisotopic (exact) mass is 182 g/mol. The number of nitrogens with zero attached hydrogens (tertiary/aromatic N) is 1. The van der Waals surface area contributed by atoms with Crippen LogP contribution in [-0.2, 0) is 4.74 Å². The van der Waals surface area contributed by atoms with Crippen molar-refractivity contribution in [2.75, 3.05) is 19.7 Å². The van der Waals surface area contributed by atoms with E-state index < -0.39 is 0 Å². The van der Waals surface area contributed by atoms with Crippen LogP contribution in [0.3, 0.4) is 0 Å². The minimum Gasteiger partial charge on any atom is -0.374 e. The quantitative estimate of drug-likeness (QED) is 0.700. The average Bonchev–Trinajstić information content (AvgIpc) is 2.49. The standard InChI is InChI=1S/C10H18N2O/c1-9(2,3)13-8-10(6-11)4-5-12-7-10/h12H,4-5,7-8H2,1-3H3/t10-/m1/s1. The minimum atomic E-state index is -0.284. The Hall–Kier alpha value is -0.590. The maximum Gasteiger partial charge on any atom is 0.0942 e. The smallest absolute Gasteiger partial charge is 0.0942 e. The Kier molecular flexibility index (Phi) is 2.94. The topological polar surface area (TPSA) is 45.0 Å². The molecule has 74 valence electrons. The fourth-order valence-corrected chi connectivity index (χ4v) is 1.35. The van der Waals surface area contributed by atoms with Crippen molar-refractivity contribution in [2.45, 2.75) is 32.8 Å². The van der Waals surface area contributed by atoms with E-state index in [4.69, 9.17) is 10.00 Å². The maximum atomic E-state index is 9.04. The largest absolute Gasteiger partial charge is 0.374 e. The van der Waals surface area contributed by atoms with Crippen molar-refractivity contribution >= 4 is 0 Å². The van der Waals surface area contributed by atoms with Crippen LogP contribution < -0.4 is 5.32 Å². The third kappa shape index (κ3) is 2.98. The van der Waals surface area contributed by atoms with E-state index in [2.05, 4.69) is 11.4 Å². The van der Waals surface area contributed by atoms with Crippen LogP contribution >= 0.6 is 0 Å². The fraction of sp³-hybridized carbons (Fsp3) is 0.900. The summed E-state index contributed by atoms with van der Waals surface area (Å²) in [5, 5.41) is 12.2. The summed E-state index contributed by atoms with van der Waals surface area (Å²) in [6.45, 7) is 8.28. The molecule has 3 heteroatoms. The third-order valence-electron chi connectivity index (χ3n) is 2.26. The molecule has 1 aliphatic rings. The Balaban J connectivity index is 2.46. The minimum absolute atomic E-state index is 0.146. The molecule has 0 saturated carbocycles. The van der Waals surface area contributed by atoms with Crippen LogP contribution in [0.2, 0.25) is 0 Å².